The number of hydrogen-bond donors (Lipinski definition) is 1. The Morgan fingerprint density at radius 1 is 1.35 bits per heavy atom. The Bertz CT molecular complexity index is 544. The minimum atomic E-state index is -3.28. The number of rotatable bonds is 5. The molecular weight excluding hydrogens is 292 g/mol. The minimum absolute atomic E-state index is 0.531. The molecule has 1 saturated heterocycles. The maximum absolute atomic E-state index is 12.7. The molecule has 114 valence electrons. The summed E-state index contributed by atoms with van der Waals surface area (Å²) in [4.78, 5) is 1.06. The van der Waals surface area contributed by atoms with Crippen LogP contribution in [-0.2, 0) is 10.0 Å². The van der Waals surface area contributed by atoms with Crippen LogP contribution in [0, 0.1) is 19.8 Å². The fourth-order valence-electron chi connectivity index (χ4n) is 2.78. The molecule has 1 aromatic rings. The van der Waals surface area contributed by atoms with E-state index in [1.807, 2.05) is 27.0 Å². The standard InChI is InChI=1S/C14H24N2O2S2/c1-11-10-12(2)19-14(11)20(17,18)16-8-5-13(6-9-16)4-7-15-3/h10,13,15H,4-9H2,1-3H3. The van der Waals surface area contributed by atoms with Gasteiger partial charge in [-0.25, -0.2) is 8.42 Å². The van der Waals surface area contributed by atoms with Crippen molar-refractivity contribution in [3.05, 3.63) is 16.5 Å². The van der Waals surface area contributed by atoms with Crippen LogP contribution in [-0.4, -0.2) is 39.4 Å². The summed E-state index contributed by atoms with van der Waals surface area (Å²) in [5, 5.41) is 3.16. The third-order valence-electron chi connectivity index (χ3n) is 3.95. The molecule has 0 unspecified atom stereocenters. The van der Waals surface area contributed by atoms with Gasteiger partial charge in [-0.1, -0.05) is 0 Å². The Labute approximate surface area is 126 Å². The first-order valence-corrected chi connectivity index (χ1v) is 9.42. The van der Waals surface area contributed by atoms with E-state index < -0.39 is 10.0 Å². The summed E-state index contributed by atoms with van der Waals surface area (Å²) in [7, 11) is -1.32. The average Bonchev–Trinajstić information content (AvgIpc) is 2.76. The highest BCUT2D eigenvalue weighted by Gasteiger charge is 2.31. The van der Waals surface area contributed by atoms with Crippen molar-refractivity contribution in [2.24, 2.45) is 5.92 Å². The van der Waals surface area contributed by atoms with Crippen LogP contribution in [0.1, 0.15) is 29.7 Å². The van der Waals surface area contributed by atoms with Gasteiger partial charge in [-0.2, -0.15) is 4.31 Å². The lowest BCUT2D eigenvalue weighted by molar-refractivity contribution is 0.263. The van der Waals surface area contributed by atoms with Crippen molar-refractivity contribution in [2.45, 2.75) is 37.3 Å². The first-order valence-electron chi connectivity index (χ1n) is 7.17. The molecule has 2 rings (SSSR count). The fourth-order valence-corrected chi connectivity index (χ4v) is 6.05. The zero-order valence-electron chi connectivity index (χ0n) is 12.5. The van der Waals surface area contributed by atoms with Crippen molar-refractivity contribution in [1.82, 2.24) is 9.62 Å². The molecule has 6 heteroatoms. The molecule has 1 fully saturated rings. The molecule has 2 heterocycles. The molecular formula is C14H24N2O2S2. The predicted molar refractivity (Wildman–Crippen MR) is 83.8 cm³/mol. The lowest BCUT2D eigenvalue weighted by atomic mass is 9.95. The van der Waals surface area contributed by atoms with Crippen LogP contribution in [0.25, 0.3) is 0 Å². The number of sulfonamides is 1. The van der Waals surface area contributed by atoms with Gasteiger partial charge in [0, 0.05) is 18.0 Å². The zero-order chi connectivity index (χ0) is 14.8. The Kier molecular flexibility index (Phi) is 5.23. The van der Waals surface area contributed by atoms with E-state index in [1.165, 1.54) is 11.3 Å². The van der Waals surface area contributed by atoms with Crippen LogP contribution < -0.4 is 5.32 Å². The zero-order valence-corrected chi connectivity index (χ0v) is 14.1. The van der Waals surface area contributed by atoms with Gasteiger partial charge in [-0.15, -0.1) is 11.3 Å². The first kappa shape index (κ1) is 15.9. The van der Waals surface area contributed by atoms with Gasteiger partial charge in [0.1, 0.15) is 4.21 Å². The summed E-state index contributed by atoms with van der Waals surface area (Å²) in [6.45, 7) is 6.18. The highest BCUT2D eigenvalue weighted by molar-refractivity contribution is 7.91. The molecule has 0 amide bonds. The molecule has 0 bridgehead atoms. The van der Waals surface area contributed by atoms with Crippen LogP contribution in [0.5, 0.6) is 0 Å². The molecule has 1 aliphatic heterocycles. The summed E-state index contributed by atoms with van der Waals surface area (Å²) in [5.41, 5.74) is 0.879. The maximum atomic E-state index is 12.7. The van der Waals surface area contributed by atoms with Crippen LogP contribution >= 0.6 is 11.3 Å². The van der Waals surface area contributed by atoms with Crippen molar-refractivity contribution < 1.29 is 8.42 Å². The molecule has 0 spiro atoms. The SMILES string of the molecule is CNCCC1CCN(S(=O)(=O)c2sc(C)cc2C)CC1. The van der Waals surface area contributed by atoms with Gasteiger partial charge in [0.05, 0.1) is 0 Å². The van der Waals surface area contributed by atoms with Crippen molar-refractivity contribution in [3.8, 4) is 0 Å². The summed E-state index contributed by atoms with van der Waals surface area (Å²) < 4.78 is 27.5. The van der Waals surface area contributed by atoms with Crippen LogP contribution in [0.2, 0.25) is 0 Å². The van der Waals surface area contributed by atoms with Gasteiger partial charge in [-0.3, -0.25) is 0 Å². The quantitative estimate of drug-likeness (QED) is 0.907. The first-order chi connectivity index (χ1) is 9.45. The minimum Gasteiger partial charge on any atom is -0.320 e. The summed E-state index contributed by atoms with van der Waals surface area (Å²) in [6.07, 6.45) is 3.09. The van der Waals surface area contributed by atoms with E-state index in [9.17, 15) is 8.42 Å². The fraction of sp³-hybridized carbons (Fsp3) is 0.714. The monoisotopic (exact) mass is 316 g/mol. The largest absolute Gasteiger partial charge is 0.320 e. The summed E-state index contributed by atoms with van der Waals surface area (Å²) in [6, 6.07) is 1.96. The number of hydrogen-bond acceptors (Lipinski definition) is 4. The van der Waals surface area contributed by atoms with Gasteiger partial charge in [0.25, 0.3) is 10.0 Å². The number of aryl methyl sites for hydroxylation is 2. The summed E-state index contributed by atoms with van der Waals surface area (Å²) >= 11 is 1.39. The Hall–Kier alpha value is -0.430. The van der Waals surface area contributed by atoms with Crippen molar-refractivity contribution >= 4 is 21.4 Å². The van der Waals surface area contributed by atoms with Crippen LogP contribution in [0.3, 0.4) is 0 Å². The topological polar surface area (TPSA) is 49.4 Å². The second-order valence-electron chi connectivity index (χ2n) is 5.57. The van der Waals surface area contributed by atoms with Crippen molar-refractivity contribution in [2.75, 3.05) is 26.7 Å². The number of nitrogens with one attached hydrogen (secondary N) is 1. The van der Waals surface area contributed by atoms with Crippen molar-refractivity contribution in [3.63, 3.8) is 0 Å². The second kappa shape index (κ2) is 6.56. The third-order valence-corrected chi connectivity index (χ3v) is 7.61. The van der Waals surface area contributed by atoms with Gasteiger partial charge in [0.15, 0.2) is 0 Å². The van der Waals surface area contributed by atoms with Gasteiger partial charge < -0.3 is 5.32 Å². The van der Waals surface area contributed by atoms with Gasteiger partial charge in [-0.05, 0) is 64.3 Å². The normalized spacial score (nSPS) is 18.6. The Morgan fingerprint density at radius 3 is 2.50 bits per heavy atom. The number of nitrogens with zero attached hydrogens (tertiary/aromatic N) is 1. The smallest absolute Gasteiger partial charge is 0.252 e. The van der Waals surface area contributed by atoms with E-state index >= 15 is 0 Å². The summed E-state index contributed by atoms with van der Waals surface area (Å²) in [5.74, 6) is 0.653. The van der Waals surface area contributed by atoms with E-state index in [0.29, 0.717) is 23.2 Å². The van der Waals surface area contributed by atoms with Gasteiger partial charge in [0.2, 0.25) is 0 Å². The van der Waals surface area contributed by atoms with Gasteiger partial charge >= 0.3 is 0 Å². The van der Waals surface area contributed by atoms with E-state index in [0.717, 1.165) is 36.2 Å². The maximum Gasteiger partial charge on any atom is 0.252 e. The lowest BCUT2D eigenvalue weighted by Gasteiger charge is -2.31. The number of thiophene rings is 1. The van der Waals surface area contributed by atoms with E-state index in [4.69, 9.17) is 0 Å². The second-order valence-corrected chi connectivity index (χ2v) is 8.96. The predicted octanol–water partition coefficient (Wildman–Crippen LogP) is 2.38. The van der Waals surface area contributed by atoms with Crippen molar-refractivity contribution in [1.29, 1.82) is 0 Å². The highest BCUT2D eigenvalue weighted by atomic mass is 32.2. The third kappa shape index (κ3) is 3.42. The van der Waals surface area contributed by atoms with E-state index in [-0.39, 0.29) is 0 Å². The molecule has 1 aromatic heterocycles. The lowest BCUT2D eigenvalue weighted by Crippen LogP contribution is -2.38. The molecule has 0 radical (unpaired) electrons. The number of piperidine rings is 1. The molecule has 20 heavy (non-hydrogen) atoms. The molecule has 0 aromatic carbocycles. The molecule has 4 nitrogen and oxygen atoms in total. The van der Waals surface area contributed by atoms with E-state index in [2.05, 4.69) is 5.32 Å². The van der Waals surface area contributed by atoms with E-state index in [1.54, 1.807) is 4.31 Å². The van der Waals surface area contributed by atoms with Crippen LogP contribution in [0.4, 0.5) is 0 Å². The molecule has 1 aliphatic rings. The van der Waals surface area contributed by atoms with Crippen LogP contribution in [0.15, 0.2) is 10.3 Å². The Morgan fingerprint density at radius 2 is 2.00 bits per heavy atom. The molecule has 1 N–H and O–H groups in total. The molecule has 0 saturated carbocycles. The highest BCUT2D eigenvalue weighted by Crippen LogP contribution is 2.31. The average molecular weight is 316 g/mol. The molecule has 0 aliphatic carbocycles. The molecule has 0 atom stereocenters. The Balaban J connectivity index is 2.04.